The Kier molecular flexibility index (Phi) is 8.42. The van der Waals surface area contributed by atoms with E-state index < -0.39 is 11.0 Å². The van der Waals surface area contributed by atoms with E-state index in [1.54, 1.807) is 12.1 Å². The molecule has 2 rings (SSSR count). The number of benzene rings is 2. The molecule has 150 valence electrons. The van der Waals surface area contributed by atoms with Crippen LogP contribution >= 0.6 is 0 Å². The van der Waals surface area contributed by atoms with Crippen LogP contribution in [0.3, 0.4) is 0 Å². The molecule has 0 spiro atoms. The molecule has 0 saturated heterocycles. The number of aryl methyl sites for hydroxylation is 1. The van der Waals surface area contributed by atoms with Crippen LogP contribution in [0, 0.1) is 17.0 Å². The third-order valence-electron chi connectivity index (χ3n) is 4.34. The van der Waals surface area contributed by atoms with E-state index in [4.69, 9.17) is 9.84 Å². The lowest BCUT2D eigenvalue weighted by molar-refractivity contribution is -0.385. The number of amides is 1. The molecule has 0 aliphatic heterocycles. The van der Waals surface area contributed by atoms with Crippen LogP contribution in [-0.4, -0.2) is 34.2 Å². The summed E-state index contributed by atoms with van der Waals surface area (Å²) in [5.41, 5.74) is 2.22. The van der Waals surface area contributed by atoms with Crippen LogP contribution in [0.1, 0.15) is 36.0 Å². The molecule has 0 radical (unpaired) electrons. The van der Waals surface area contributed by atoms with E-state index in [-0.39, 0.29) is 25.4 Å². The fourth-order valence-electron chi connectivity index (χ4n) is 2.86. The molecule has 7 heteroatoms. The number of ether oxygens (including phenoxy) is 1. The van der Waals surface area contributed by atoms with E-state index in [0.717, 1.165) is 17.5 Å². The molecule has 0 aromatic heterocycles. The van der Waals surface area contributed by atoms with Gasteiger partial charge in [-0.15, -0.1) is 0 Å². The Morgan fingerprint density at radius 3 is 2.57 bits per heavy atom. The number of carbonyl (C=O) groups is 1. The Balaban J connectivity index is 2.11. The second-order valence-electron chi connectivity index (χ2n) is 6.64. The van der Waals surface area contributed by atoms with Gasteiger partial charge in [0.1, 0.15) is 6.61 Å². The van der Waals surface area contributed by atoms with Gasteiger partial charge in [-0.2, -0.15) is 0 Å². The van der Waals surface area contributed by atoms with Crippen molar-refractivity contribution in [1.29, 1.82) is 0 Å². The van der Waals surface area contributed by atoms with E-state index >= 15 is 0 Å². The summed E-state index contributed by atoms with van der Waals surface area (Å²) in [6, 6.07) is 14.2. The largest absolute Gasteiger partial charge is 0.445 e. The summed E-state index contributed by atoms with van der Waals surface area (Å²) in [7, 11) is 0. The number of nitrogens with zero attached hydrogens (tertiary/aromatic N) is 2. The molecule has 0 atom stereocenters. The van der Waals surface area contributed by atoms with Gasteiger partial charge in [-0.25, -0.2) is 4.79 Å². The molecule has 2 aromatic rings. The summed E-state index contributed by atoms with van der Waals surface area (Å²) >= 11 is 0. The molecule has 1 N–H and O–H groups in total. The van der Waals surface area contributed by atoms with Crippen molar-refractivity contribution in [2.45, 2.75) is 39.3 Å². The predicted molar refractivity (Wildman–Crippen MR) is 106 cm³/mol. The molecule has 0 saturated carbocycles. The summed E-state index contributed by atoms with van der Waals surface area (Å²) in [4.78, 5) is 25.0. The van der Waals surface area contributed by atoms with Crippen LogP contribution in [0.2, 0.25) is 0 Å². The number of rotatable bonds is 10. The van der Waals surface area contributed by atoms with Crippen LogP contribution < -0.4 is 0 Å². The zero-order chi connectivity index (χ0) is 20.4. The number of aliphatic hydroxyl groups excluding tert-OH is 1. The minimum atomic E-state index is -0.511. The van der Waals surface area contributed by atoms with E-state index in [1.807, 2.05) is 37.3 Å². The Hall–Kier alpha value is -2.93. The Morgan fingerprint density at radius 2 is 1.89 bits per heavy atom. The van der Waals surface area contributed by atoms with Gasteiger partial charge in [0.25, 0.3) is 5.69 Å². The topological polar surface area (TPSA) is 92.9 Å². The van der Waals surface area contributed by atoms with Gasteiger partial charge in [-0.1, -0.05) is 42.0 Å². The number of aliphatic hydroxyl groups is 1. The molecular formula is C21H26N2O5. The summed E-state index contributed by atoms with van der Waals surface area (Å²) in [6.07, 6.45) is 1.58. The second kappa shape index (κ2) is 11.0. The van der Waals surface area contributed by atoms with Gasteiger partial charge in [-0.05, 0) is 37.8 Å². The highest BCUT2D eigenvalue weighted by Crippen LogP contribution is 2.22. The van der Waals surface area contributed by atoms with Crippen molar-refractivity contribution in [3.05, 3.63) is 75.3 Å². The molecular weight excluding hydrogens is 360 g/mol. The van der Waals surface area contributed by atoms with Crippen LogP contribution in [0.4, 0.5) is 10.5 Å². The lowest BCUT2D eigenvalue weighted by Crippen LogP contribution is -2.32. The SMILES string of the molecule is Cc1ccc([N+](=O)[O-])c(CN(CCCCCO)C(=O)OCc2ccccc2)c1. The minimum Gasteiger partial charge on any atom is -0.445 e. The van der Waals surface area contributed by atoms with Crippen LogP contribution in [0.15, 0.2) is 48.5 Å². The number of hydrogen-bond donors (Lipinski definition) is 1. The number of carbonyl (C=O) groups excluding carboxylic acids is 1. The third kappa shape index (κ3) is 6.66. The van der Waals surface area contributed by atoms with E-state index in [0.29, 0.717) is 24.9 Å². The van der Waals surface area contributed by atoms with Crippen molar-refractivity contribution in [1.82, 2.24) is 4.90 Å². The van der Waals surface area contributed by atoms with Gasteiger partial charge >= 0.3 is 6.09 Å². The maximum Gasteiger partial charge on any atom is 0.410 e. The Labute approximate surface area is 164 Å². The molecule has 0 unspecified atom stereocenters. The number of nitro groups is 1. The molecule has 0 fully saturated rings. The number of hydrogen-bond acceptors (Lipinski definition) is 5. The maximum atomic E-state index is 12.6. The zero-order valence-corrected chi connectivity index (χ0v) is 16.0. The Morgan fingerprint density at radius 1 is 1.14 bits per heavy atom. The molecule has 0 bridgehead atoms. The van der Waals surface area contributed by atoms with E-state index in [9.17, 15) is 14.9 Å². The maximum absolute atomic E-state index is 12.6. The first kappa shape index (κ1) is 21.4. The summed E-state index contributed by atoms with van der Waals surface area (Å²) in [6.45, 7) is 2.60. The second-order valence-corrected chi connectivity index (χ2v) is 6.64. The molecule has 0 aliphatic rings. The van der Waals surface area contributed by atoms with Gasteiger partial charge in [0, 0.05) is 24.8 Å². The normalized spacial score (nSPS) is 10.5. The first-order valence-electron chi connectivity index (χ1n) is 9.31. The van der Waals surface area contributed by atoms with E-state index in [1.165, 1.54) is 11.0 Å². The molecule has 1 amide bonds. The predicted octanol–water partition coefficient (Wildman–Crippen LogP) is 4.20. The van der Waals surface area contributed by atoms with Gasteiger partial charge in [-0.3, -0.25) is 10.1 Å². The highest BCUT2D eigenvalue weighted by molar-refractivity contribution is 5.68. The molecule has 0 aliphatic carbocycles. The van der Waals surface area contributed by atoms with Gasteiger partial charge in [0.05, 0.1) is 11.5 Å². The molecule has 7 nitrogen and oxygen atoms in total. The first-order chi connectivity index (χ1) is 13.5. The summed E-state index contributed by atoms with van der Waals surface area (Å²) < 4.78 is 5.42. The Bertz CT molecular complexity index is 780. The molecule has 0 heterocycles. The van der Waals surface area contributed by atoms with Crippen molar-refractivity contribution in [3.8, 4) is 0 Å². The quantitative estimate of drug-likeness (QED) is 0.375. The number of unbranched alkanes of at least 4 members (excludes halogenated alkanes) is 2. The first-order valence-corrected chi connectivity index (χ1v) is 9.31. The minimum absolute atomic E-state index is 0.0122. The van der Waals surface area contributed by atoms with Crippen molar-refractivity contribution in [3.63, 3.8) is 0 Å². The van der Waals surface area contributed by atoms with Gasteiger partial charge in [0.15, 0.2) is 0 Å². The zero-order valence-electron chi connectivity index (χ0n) is 16.0. The standard InChI is InChI=1S/C21H26N2O5/c1-17-10-11-20(23(26)27)19(14-17)15-22(12-6-3-7-13-24)21(25)28-16-18-8-4-2-5-9-18/h2,4-5,8-11,14,24H,3,6-7,12-13,15-16H2,1H3. The van der Waals surface area contributed by atoms with Crippen LogP contribution in [-0.2, 0) is 17.9 Å². The summed E-state index contributed by atoms with van der Waals surface area (Å²) in [5.74, 6) is 0. The highest BCUT2D eigenvalue weighted by Gasteiger charge is 2.21. The molecule has 28 heavy (non-hydrogen) atoms. The average Bonchev–Trinajstić information content (AvgIpc) is 2.69. The van der Waals surface area contributed by atoms with Crippen LogP contribution in [0.5, 0.6) is 0 Å². The highest BCUT2D eigenvalue weighted by atomic mass is 16.6. The average molecular weight is 386 g/mol. The van der Waals surface area contributed by atoms with Crippen LogP contribution in [0.25, 0.3) is 0 Å². The van der Waals surface area contributed by atoms with Gasteiger partial charge < -0.3 is 14.7 Å². The lowest BCUT2D eigenvalue weighted by Gasteiger charge is -2.22. The summed E-state index contributed by atoms with van der Waals surface area (Å²) in [5, 5.41) is 20.3. The third-order valence-corrected chi connectivity index (χ3v) is 4.34. The van der Waals surface area contributed by atoms with E-state index in [2.05, 4.69) is 0 Å². The van der Waals surface area contributed by atoms with Crippen molar-refractivity contribution >= 4 is 11.8 Å². The molecule has 2 aromatic carbocycles. The fraction of sp³-hybridized carbons (Fsp3) is 0.381. The van der Waals surface area contributed by atoms with Crippen molar-refractivity contribution < 1.29 is 19.6 Å². The van der Waals surface area contributed by atoms with Gasteiger partial charge in [0.2, 0.25) is 0 Å². The van der Waals surface area contributed by atoms with Crippen molar-refractivity contribution in [2.24, 2.45) is 0 Å². The lowest BCUT2D eigenvalue weighted by atomic mass is 10.1. The monoisotopic (exact) mass is 386 g/mol. The number of nitro benzene ring substituents is 1. The smallest absolute Gasteiger partial charge is 0.410 e. The fourth-order valence-corrected chi connectivity index (χ4v) is 2.86. The van der Waals surface area contributed by atoms with Crippen molar-refractivity contribution in [2.75, 3.05) is 13.2 Å².